The van der Waals surface area contributed by atoms with Gasteiger partial charge >= 0.3 is 0 Å². The lowest BCUT2D eigenvalue weighted by atomic mass is 9.64. The van der Waals surface area contributed by atoms with E-state index in [2.05, 4.69) is 5.10 Å². The van der Waals surface area contributed by atoms with Crippen molar-refractivity contribution in [3.8, 4) is 0 Å². The first kappa shape index (κ1) is 19.5. The molecule has 1 aromatic heterocycles. The van der Waals surface area contributed by atoms with Crippen LogP contribution in [0.25, 0.3) is 10.9 Å². The molecule has 1 aliphatic rings. The number of hydroxylamine groups is 1. The van der Waals surface area contributed by atoms with Gasteiger partial charge in [0.05, 0.1) is 11.6 Å². The number of benzene rings is 2. The second-order valence-electron chi connectivity index (χ2n) is 7.88. The van der Waals surface area contributed by atoms with E-state index in [0.29, 0.717) is 47.9 Å². The molecule has 0 bridgehead atoms. The summed E-state index contributed by atoms with van der Waals surface area (Å²) in [6.45, 7) is 1.64. The second-order valence-corrected chi connectivity index (χ2v) is 7.88. The van der Waals surface area contributed by atoms with Crippen molar-refractivity contribution in [2.75, 3.05) is 0 Å². The Bertz CT molecular complexity index is 1090. The summed E-state index contributed by atoms with van der Waals surface area (Å²) in [7, 11) is 1.71. The lowest BCUT2D eigenvalue weighted by molar-refractivity contribution is -0.136. The van der Waals surface area contributed by atoms with Gasteiger partial charge in [-0.3, -0.25) is 14.7 Å². The minimum atomic E-state index is -1.04. The van der Waals surface area contributed by atoms with Crippen LogP contribution >= 0.6 is 0 Å². The molecule has 5 nitrogen and oxygen atoms in total. The number of aryl methyl sites for hydroxylation is 1. The Morgan fingerprint density at radius 3 is 2.66 bits per heavy atom. The Morgan fingerprint density at radius 2 is 1.97 bits per heavy atom. The molecule has 2 N–H and O–H groups in total. The van der Waals surface area contributed by atoms with Gasteiger partial charge in [0.1, 0.15) is 11.3 Å². The van der Waals surface area contributed by atoms with Crippen molar-refractivity contribution in [2.24, 2.45) is 7.05 Å². The van der Waals surface area contributed by atoms with Gasteiger partial charge in [-0.1, -0.05) is 24.3 Å². The summed E-state index contributed by atoms with van der Waals surface area (Å²) < 4.78 is 30.9. The van der Waals surface area contributed by atoms with Crippen LogP contribution in [0.5, 0.6) is 0 Å². The third kappa shape index (κ3) is 3.00. The van der Waals surface area contributed by atoms with E-state index in [0.717, 1.165) is 5.39 Å². The van der Waals surface area contributed by atoms with Gasteiger partial charge in [0, 0.05) is 12.4 Å². The van der Waals surface area contributed by atoms with Crippen molar-refractivity contribution in [1.29, 1.82) is 0 Å². The van der Waals surface area contributed by atoms with Crippen LogP contribution in [0.3, 0.4) is 0 Å². The van der Waals surface area contributed by atoms with Gasteiger partial charge in [-0.05, 0) is 61.3 Å². The summed E-state index contributed by atoms with van der Waals surface area (Å²) >= 11 is 0. The number of nitrogens with zero attached hydrogens (tertiary/aromatic N) is 2. The Labute approximate surface area is 167 Å². The van der Waals surface area contributed by atoms with Gasteiger partial charge in [0.15, 0.2) is 5.82 Å². The van der Waals surface area contributed by atoms with Gasteiger partial charge in [0.2, 0.25) is 0 Å². The van der Waals surface area contributed by atoms with E-state index in [9.17, 15) is 14.4 Å². The Hall–Kier alpha value is -2.80. The number of fused-ring (bicyclic) bond motifs is 1. The Kier molecular flexibility index (Phi) is 4.86. The summed E-state index contributed by atoms with van der Waals surface area (Å²) in [6.07, 6.45) is 3.49. The van der Waals surface area contributed by atoms with E-state index >= 15 is 4.39 Å². The number of hydrogen-bond acceptors (Lipinski definition) is 3. The molecule has 1 fully saturated rings. The van der Waals surface area contributed by atoms with E-state index < -0.39 is 11.3 Å². The normalized spacial score (nSPS) is 22.0. The molecular formula is C22H23F2N3O2. The zero-order chi connectivity index (χ0) is 20.8. The molecule has 1 saturated carbocycles. The maximum atomic E-state index is 15.2. The van der Waals surface area contributed by atoms with Crippen LogP contribution in [0.15, 0.2) is 36.5 Å². The average molecular weight is 399 g/mol. The van der Waals surface area contributed by atoms with Crippen molar-refractivity contribution in [3.63, 3.8) is 0 Å². The minimum Gasteiger partial charge on any atom is -0.289 e. The quantitative estimate of drug-likeness (QED) is 0.511. The molecule has 2 aromatic carbocycles. The first-order valence-electron chi connectivity index (χ1n) is 9.69. The monoisotopic (exact) mass is 399 g/mol. The second kappa shape index (κ2) is 7.22. The van der Waals surface area contributed by atoms with Gasteiger partial charge in [0.25, 0.3) is 5.91 Å². The van der Waals surface area contributed by atoms with Gasteiger partial charge in [-0.2, -0.15) is 5.10 Å². The molecule has 152 valence electrons. The first-order chi connectivity index (χ1) is 13.9. The first-order valence-corrected chi connectivity index (χ1v) is 9.69. The van der Waals surface area contributed by atoms with Crippen molar-refractivity contribution in [2.45, 2.75) is 43.9 Å². The Morgan fingerprint density at radius 1 is 1.24 bits per heavy atom. The predicted octanol–water partition coefficient (Wildman–Crippen LogP) is 4.26. The molecule has 7 heteroatoms. The third-order valence-electron chi connectivity index (χ3n) is 6.47. The largest absolute Gasteiger partial charge is 0.289 e. The molecule has 29 heavy (non-hydrogen) atoms. The zero-order valence-corrected chi connectivity index (χ0v) is 16.4. The van der Waals surface area contributed by atoms with E-state index in [1.807, 2.05) is 6.07 Å². The smallest absolute Gasteiger partial charge is 0.253 e. The van der Waals surface area contributed by atoms with Crippen LogP contribution in [-0.2, 0) is 17.3 Å². The van der Waals surface area contributed by atoms with Gasteiger partial charge in [-0.25, -0.2) is 14.3 Å². The predicted molar refractivity (Wildman–Crippen MR) is 105 cm³/mol. The lowest BCUT2D eigenvalue weighted by Crippen LogP contribution is -2.46. The topological polar surface area (TPSA) is 67.2 Å². The van der Waals surface area contributed by atoms with Gasteiger partial charge < -0.3 is 0 Å². The molecule has 0 saturated heterocycles. The molecule has 0 spiro atoms. The highest BCUT2D eigenvalue weighted by Gasteiger charge is 2.45. The average Bonchev–Trinajstić information content (AvgIpc) is 3.11. The molecule has 1 amide bonds. The number of carbonyl (C=O) groups excluding carboxylic acids is 1. The molecule has 1 aliphatic carbocycles. The number of rotatable bonds is 3. The maximum absolute atomic E-state index is 15.2. The summed E-state index contributed by atoms with van der Waals surface area (Å²) in [5.41, 5.74) is 2.78. The summed E-state index contributed by atoms with van der Waals surface area (Å²) in [4.78, 5) is 12.7. The van der Waals surface area contributed by atoms with E-state index in [-0.39, 0.29) is 17.6 Å². The number of aromatic nitrogens is 2. The highest BCUT2D eigenvalue weighted by molar-refractivity contribution is 5.88. The molecule has 0 unspecified atom stereocenters. The van der Waals surface area contributed by atoms with Crippen LogP contribution in [-0.4, -0.2) is 20.9 Å². The van der Waals surface area contributed by atoms with Crippen LogP contribution in [0.2, 0.25) is 0 Å². The lowest BCUT2D eigenvalue weighted by Gasteiger charge is -2.39. The SMILES string of the molecule is Cc1c(F)cccc1C1(C(=O)NO)CCC(c2ccc3cnn(C)c3c2F)CC1. The van der Waals surface area contributed by atoms with Crippen molar-refractivity contribution >= 4 is 16.8 Å². The van der Waals surface area contributed by atoms with Crippen LogP contribution < -0.4 is 5.48 Å². The molecule has 4 rings (SSSR count). The maximum Gasteiger partial charge on any atom is 0.253 e. The summed E-state index contributed by atoms with van der Waals surface area (Å²) in [5, 5.41) is 14.2. The van der Waals surface area contributed by atoms with E-state index in [1.54, 1.807) is 43.8 Å². The summed E-state index contributed by atoms with van der Waals surface area (Å²) in [5.74, 6) is -1.29. The molecular weight excluding hydrogens is 376 g/mol. The van der Waals surface area contributed by atoms with Gasteiger partial charge in [-0.15, -0.1) is 0 Å². The fourth-order valence-corrected chi connectivity index (χ4v) is 4.82. The Balaban J connectivity index is 1.69. The van der Waals surface area contributed by atoms with E-state index in [4.69, 9.17) is 0 Å². The minimum absolute atomic E-state index is 0.0669. The van der Waals surface area contributed by atoms with Crippen molar-refractivity contribution in [3.05, 3.63) is 64.9 Å². The standard InChI is InChI=1S/C22H23F2N3O2/c1-13-17(4-3-5-18(13)23)22(21(28)26-29)10-8-14(9-11-22)16-7-6-15-12-25-27(2)20(15)19(16)24/h3-7,12,14,29H,8-11H2,1-2H3,(H,26,28). The highest BCUT2D eigenvalue weighted by atomic mass is 19.1. The molecule has 0 radical (unpaired) electrons. The van der Waals surface area contributed by atoms with Crippen LogP contribution in [0, 0.1) is 18.6 Å². The number of hydrogen-bond donors (Lipinski definition) is 2. The molecule has 0 atom stereocenters. The van der Waals surface area contributed by atoms with Crippen molar-refractivity contribution < 1.29 is 18.8 Å². The molecule has 3 aromatic rings. The summed E-state index contributed by atoms with van der Waals surface area (Å²) in [6, 6.07) is 8.31. The van der Waals surface area contributed by atoms with Crippen LogP contribution in [0.4, 0.5) is 8.78 Å². The number of carbonyl (C=O) groups is 1. The van der Waals surface area contributed by atoms with E-state index in [1.165, 1.54) is 10.7 Å². The zero-order valence-electron chi connectivity index (χ0n) is 16.4. The number of amides is 1. The third-order valence-corrected chi connectivity index (χ3v) is 6.47. The number of nitrogens with one attached hydrogen (secondary N) is 1. The fourth-order valence-electron chi connectivity index (χ4n) is 4.82. The highest BCUT2D eigenvalue weighted by Crippen LogP contribution is 2.47. The molecule has 0 aliphatic heterocycles. The molecule has 1 heterocycles. The van der Waals surface area contributed by atoms with Crippen molar-refractivity contribution in [1.82, 2.24) is 15.3 Å². The van der Waals surface area contributed by atoms with Crippen LogP contribution in [0.1, 0.15) is 48.3 Å². The number of halogens is 2. The fraction of sp³-hybridized carbons (Fsp3) is 0.364.